The standard InChI is InChI=1S/C23H24FN3O3/c24-19-12-17(11-16-7-10-30-21(16)19)20-22(27-8-5-15(6-9-27)23(28)29)26-18(13-25-20)4-3-14-1-2-14/h7,10-15H,1-6,8-9H2,(H,28,29). The Bertz CT molecular complexity index is 1080. The molecule has 0 spiro atoms. The van der Waals surface area contributed by atoms with Crippen molar-refractivity contribution in [1.29, 1.82) is 0 Å². The molecule has 156 valence electrons. The van der Waals surface area contributed by atoms with Gasteiger partial charge in [0.1, 0.15) is 5.69 Å². The summed E-state index contributed by atoms with van der Waals surface area (Å²) in [7, 11) is 0. The fraction of sp³-hybridized carbons (Fsp3) is 0.435. The number of anilines is 1. The Balaban J connectivity index is 1.50. The van der Waals surface area contributed by atoms with E-state index in [2.05, 4.69) is 4.90 Å². The number of aryl methyl sites for hydroxylation is 1. The minimum Gasteiger partial charge on any atom is -0.481 e. The molecule has 1 saturated carbocycles. The van der Waals surface area contributed by atoms with Crippen LogP contribution in [0.3, 0.4) is 0 Å². The van der Waals surface area contributed by atoms with E-state index in [0.717, 1.165) is 30.3 Å². The minimum atomic E-state index is -0.744. The van der Waals surface area contributed by atoms with Gasteiger partial charge in [0.25, 0.3) is 0 Å². The highest BCUT2D eigenvalue weighted by Crippen LogP contribution is 2.36. The van der Waals surface area contributed by atoms with E-state index in [4.69, 9.17) is 14.4 Å². The first-order valence-electron chi connectivity index (χ1n) is 10.6. The lowest BCUT2D eigenvalue weighted by Gasteiger charge is -2.32. The quantitative estimate of drug-likeness (QED) is 0.637. The van der Waals surface area contributed by atoms with Crippen LogP contribution in [0.4, 0.5) is 10.2 Å². The summed E-state index contributed by atoms with van der Waals surface area (Å²) in [6.07, 6.45) is 8.99. The number of furan rings is 1. The number of aromatic nitrogens is 2. The summed E-state index contributed by atoms with van der Waals surface area (Å²) in [5, 5.41) is 9.99. The van der Waals surface area contributed by atoms with Crippen LogP contribution in [0.15, 0.2) is 35.1 Å². The topological polar surface area (TPSA) is 79.5 Å². The highest BCUT2D eigenvalue weighted by Gasteiger charge is 2.28. The van der Waals surface area contributed by atoms with Gasteiger partial charge < -0.3 is 14.4 Å². The molecule has 2 aromatic heterocycles. The number of carboxylic acids is 1. The van der Waals surface area contributed by atoms with Crippen LogP contribution >= 0.6 is 0 Å². The average molecular weight is 409 g/mol. The maximum atomic E-state index is 14.6. The molecule has 2 aliphatic rings. The van der Waals surface area contributed by atoms with Gasteiger partial charge in [0.2, 0.25) is 0 Å². The fourth-order valence-electron chi connectivity index (χ4n) is 4.23. The molecule has 0 unspecified atom stereocenters. The number of benzene rings is 1. The molecule has 7 heteroatoms. The van der Waals surface area contributed by atoms with Crippen LogP contribution in [0.25, 0.3) is 22.2 Å². The molecule has 0 bridgehead atoms. The number of hydrogen-bond acceptors (Lipinski definition) is 5. The van der Waals surface area contributed by atoms with E-state index >= 15 is 0 Å². The van der Waals surface area contributed by atoms with Crippen molar-refractivity contribution >= 4 is 22.8 Å². The number of piperidine rings is 1. The largest absolute Gasteiger partial charge is 0.481 e. The van der Waals surface area contributed by atoms with Gasteiger partial charge in [-0.15, -0.1) is 0 Å². The van der Waals surface area contributed by atoms with Crippen molar-refractivity contribution in [1.82, 2.24) is 9.97 Å². The van der Waals surface area contributed by atoms with Crippen molar-refractivity contribution in [3.05, 3.63) is 42.2 Å². The van der Waals surface area contributed by atoms with E-state index in [0.29, 0.717) is 42.6 Å². The minimum absolute atomic E-state index is 0.233. The van der Waals surface area contributed by atoms with Gasteiger partial charge >= 0.3 is 5.97 Å². The number of hydrogen-bond donors (Lipinski definition) is 1. The van der Waals surface area contributed by atoms with E-state index in [1.165, 1.54) is 25.2 Å². The third kappa shape index (κ3) is 3.76. The second-order valence-electron chi connectivity index (χ2n) is 8.41. The molecule has 6 nitrogen and oxygen atoms in total. The van der Waals surface area contributed by atoms with Gasteiger partial charge in [-0.3, -0.25) is 9.78 Å². The van der Waals surface area contributed by atoms with Gasteiger partial charge in [-0.2, -0.15) is 0 Å². The highest BCUT2D eigenvalue weighted by atomic mass is 19.1. The summed E-state index contributed by atoms with van der Waals surface area (Å²) in [4.78, 5) is 23.0. The molecule has 1 N–H and O–H groups in total. The van der Waals surface area contributed by atoms with E-state index in [9.17, 15) is 14.3 Å². The van der Waals surface area contributed by atoms with Crippen molar-refractivity contribution in [2.45, 2.75) is 38.5 Å². The van der Waals surface area contributed by atoms with Crippen molar-refractivity contribution in [2.75, 3.05) is 18.0 Å². The van der Waals surface area contributed by atoms with Gasteiger partial charge in [0, 0.05) is 30.2 Å². The van der Waals surface area contributed by atoms with E-state index < -0.39 is 11.8 Å². The van der Waals surface area contributed by atoms with Crippen molar-refractivity contribution < 1.29 is 18.7 Å². The summed E-state index contributed by atoms with van der Waals surface area (Å²) >= 11 is 0. The zero-order valence-corrected chi connectivity index (χ0v) is 16.7. The SMILES string of the molecule is O=C(O)C1CCN(c2nc(CCC3CC3)cnc2-c2cc(F)c3occc3c2)CC1. The zero-order chi connectivity index (χ0) is 20.7. The molecule has 0 atom stereocenters. The molecule has 30 heavy (non-hydrogen) atoms. The number of carboxylic acid groups (broad SMARTS) is 1. The number of aliphatic carboxylic acids is 1. The Morgan fingerprint density at radius 3 is 2.77 bits per heavy atom. The molecule has 2 fully saturated rings. The summed E-state index contributed by atoms with van der Waals surface area (Å²) in [5.41, 5.74) is 2.45. The number of halogens is 1. The molecule has 1 saturated heterocycles. The van der Waals surface area contributed by atoms with Gasteiger partial charge in [0.15, 0.2) is 17.2 Å². The molecule has 3 aromatic rings. The van der Waals surface area contributed by atoms with E-state index in [-0.39, 0.29) is 11.5 Å². The fourth-order valence-corrected chi connectivity index (χ4v) is 4.23. The van der Waals surface area contributed by atoms with Crippen LogP contribution in [0, 0.1) is 17.7 Å². The number of fused-ring (bicyclic) bond motifs is 1. The van der Waals surface area contributed by atoms with Crippen LogP contribution in [0.1, 0.15) is 37.8 Å². The van der Waals surface area contributed by atoms with E-state index in [1.807, 2.05) is 6.07 Å². The van der Waals surface area contributed by atoms with Crippen LogP contribution in [0.2, 0.25) is 0 Å². The number of carbonyl (C=O) groups is 1. The molecule has 1 aliphatic carbocycles. The van der Waals surface area contributed by atoms with Crippen LogP contribution < -0.4 is 4.90 Å². The zero-order valence-electron chi connectivity index (χ0n) is 16.7. The van der Waals surface area contributed by atoms with Crippen molar-refractivity contribution in [2.24, 2.45) is 11.8 Å². The van der Waals surface area contributed by atoms with E-state index in [1.54, 1.807) is 12.3 Å². The second kappa shape index (κ2) is 7.70. The number of rotatable bonds is 6. The summed E-state index contributed by atoms with van der Waals surface area (Å²) in [5.74, 6) is 0.0258. The lowest BCUT2D eigenvalue weighted by Crippen LogP contribution is -2.37. The van der Waals surface area contributed by atoms with Crippen LogP contribution in [-0.2, 0) is 11.2 Å². The smallest absolute Gasteiger partial charge is 0.306 e. The Kier molecular flexibility index (Phi) is 4.89. The lowest BCUT2D eigenvalue weighted by molar-refractivity contribution is -0.142. The van der Waals surface area contributed by atoms with Crippen LogP contribution in [0.5, 0.6) is 0 Å². The highest BCUT2D eigenvalue weighted by molar-refractivity contribution is 5.85. The second-order valence-corrected chi connectivity index (χ2v) is 8.41. The first-order valence-corrected chi connectivity index (χ1v) is 10.6. The summed E-state index contributed by atoms with van der Waals surface area (Å²) in [6, 6.07) is 5.04. The van der Waals surface area contributed by atoms with Gasteiger partial charge in [-0.25, -0.2) is 9.37 Å². The Hall–Kier alpha value is -2.96. The predicted octanol–water partition coefficient (Wildman–Crippen LogP) is 4.67. The summed E-state index contributed by atoms with van der Waals surface area (Å²) in [6.45, 7) is 1.20. The van der Waals surface area contributed by atoms with Crippen LogP contribution in [-0.4, -0.2) is 34.1 Å². The number of nitrogens with zero attached hydrogens (tertiary/aromatic N) is 3. The third-order valence-corrected chi connectivity index (χ3v) is 6.23. The molecule has 3 heterocycles. The first kappa shape index (κ1) is 19.0. The third-order valence-electron chi connectivity index (χ3n) is 6.23. The Morgan fingerprint density at radius 1 is 1.23 bits per heavy atom. The molecule has 1 aliphatic heterocycles. The lowest BCUT2D eigenvalue weighted by atomic mass is 9.96. The average Bonchev–Trinajstić information content (AvgIpc) is 3.46. The van der Waals surface area contributed by atoms with Crippen molar-refractivity contribution in [3.63, 3.8) is 0 Å². The van der Waals surface area contributed by atoms with Gasteiger partial charge in [-0.05, 0) is 49.8 Å². The molecule has 0 radical (unpaired) electrons. The Morgan fingerprint density at radius 2 is 2.03 bits per heavy atom. The molecule has 1 aromatic carbocycles. The van der Waals surface area contributed by atoms with Crippen molar-refractivity contribution in [3.8, 4) is 11.3 Å². The maximum Gasteiger partial charge on any atom is 0.306 e. The van der Waals surface area contributed by atoms with Gasteiger partial charge in [-0.1, -0.05) is 12.8 Å². The molecule has 0 amide bonds. The Labute approximate surface area is 173 Å². The normalized spacial score (nSPS) is 17.6. The molecule has 5 rings (SSSR count). The first-order chi connectivity index (χ1) is 14.6. The molecular weight excluding hydrogens is 385 g/mol. The molecular formula is C23H24FN3O3. The predicted molar refractivity (Wildman–Crippen MR) is 111 cm³/mol. The van der Waals surface area contributed by atoms with Gasteiger partial charge in [0.05, 0.1) is 17.9 Å². The summed E-state index contributed by atoms with van der Waals surface area (Å²) < 4.78 is 19.8. The maximum absolute atomic E-state index is 14.6. The monoisotopic (exact) mass is 409 g/mol.